The summed E-state index contributed by atoms with van der Waals surface area (Å²) in [7, 11) is 0. The van der Waals surface area contributed by atoms with Crippen molar-refractivity contribution in [3.05, 3.63) is 70.4 Å². The molecule has 0 aliphatic heterocycles. The van der Waals surface area contributed by atoms with Gasteiger partial charge in [-0.05, 0) is 48.1 Å². The van der Waals surface area contributed by atoms with Crippen LogP contribution < -0.4 is 5.73 Å². The number of ether oxygens (including phenoxy) is 1. The fourth-order valence-corrected chi connectivity index (χ4v) is 3.73. The number of aliphatic hydroxyl groups excluding tert-OH is 1. The van der Waals surface area contributed by atoms with Gasteiger partial charge in [0.25, 0.3) is 0 Å². The zero-order valence-corrected chi connectivity index (χ0v) is 19.3. The molecule has 0 unspecified atom stereocenters. The number of carboxylic acids is 1. The highest BCUT2D eigenvalue weighted by Crippen LogP contribution is 2.27. The molecule has 0 aliphatic rings. The SMILES string of the molecule is CCOC(=O)[C@H](O)C[C@H](N)Cc1ccc(-c2ccc(Cn3nc(C(=O)O)cc3O)c(Cl)c2)cc1. The average Bonchev–Trinajstić information content (AvgIpc) is 3.16. The third-order valence-corrected chi connectivity index (χ3v) is 5.57. The number of carboxylic acid groups (broad SMARTS) is 1. The molecule has 0 spiro atoms. The van der Waals surface area contributed by atoms with Crippen LogP contribution in [0.4, 0.5) is 0 Å². The first-order valence-electron chi connectivity index (χ1n) is 10.7. The molecule has 10 heteroatoms. The number of hydrogen-bond acceptors (Lipinski definition) is 7. The molecule has 3 aromatic rings. The summed E-state index contributed by atoms with van der Waals surface area (Å²) in [6, 6.07) is 13.8. The summed E-state index contributed by atoms with van der Waals surface area (Å²) >= 11 is 6.43. The van der Waals surface area contributed by atoms with Crippen molar-refractivity contribution in [3.63, 3.8) is 0 Å². The Labute approximate surface area is 201 Å². The Morgan fingerprint density at radius 3 is 2.41 bits per heavy atom. The number of halogens is 1. The lowest BCUT2D eigenvalue weighted by molar-refractivity contribution is -0.153. The summed E-state index contributed by atoms with van der Waals surface area (Å²) < 4.78 is 5.96. The molecule has 2 atom stereocenters. The van der Waals surface area contributed by atoms with E-state index in [9.17, 15) is 19.8 Å². The minimum atomic E-state index is -1.24. The van der Waals surface area contributed by atoms with E-state index < -0.39 is 24.1 Å². The number of carbonyl (C=O) groups excluding carboxylic acids is 1. The Morgan fingerprint density at radius 1 is 1.15 bits per heavy atom. The molecule has 1 aromatic heterocycles. The van der Waals surface area contributed by atoms with Gasteiger partial charge in [-0.3, -0.25) is 0 Å². The van der Waals surface area contributed by atoms with Gasteiger partial charge in [0.05, 0.1) is 13.2 Å². The van der Waals surface area contributed by atoms with Gasteiger partial charge >= 0.3 is 11.9 Å². The van der Waals surface area contributed by atoms with Crippen molar-refractivity contribution in [3.8, 4) is 17.0 Å². The largest absolute Gasteiger partial charge is 0.493 e. The lowest BCUT2D eigenvalue weighted by atomic mass is 9.98. The maximum atomic E-state index is 11.6. The van der Waals surface area contributed by atoms with E-state index >= 15 is 0 Å². The summed E-state index contributed by atoms with van der Waals surface area (Å²) in [5, 5.41) is 33.1. The molecular weight excluding hydrogens is 462 g/mol. The third kappa shape index (κ3) is 6.34. The Morgan fingerprint density at radius 2 is 1.82 bits per heavy atom. The summed E-state index contributed by atoms with van der Waals surface area (Å²) in [5.74, 6) is -2.16. The van der Waals surface area contributed by atoms with Crippen molar-refractivity contribution in [2.75, 3.05) is 6.61 Å². The van der Waals surface area contributed by atoms with Gasteiger partial charge in [0.1, 0.15) is 0 Å². The molecule has 180 valence electrons. The second kappa shape index (κ2) is 11.1. The number of carbonyl (C=O) groups is 2. The van der Waals surface area contributed by atoms with E-state index in [-0.39, 0.29) is 31.1 Å². The second-order valence-corrected chi connectivity index (χ2v) is 8.23. The third-order valence-electron chi connectivity index (χ3n) is 5.22. The first kappa shape index (κ1) is 25.2. The van der Waals surface area contributed by atoms with Crippen LogP contribution in [0, 0.1) is 0 Å². The summed E-state index contributed by atoms with van der Waals surface area (Å²) in [4.78, 5) is 22.6. The van der Waals surface area contributed by atoms with Crippen molar-refractivity contribution >= 4 is 23.5 Å². The van der Waals surface area contributed by atoms with Crippen molar-refractivity contribution in [2.24, 2.45) is 5.73 Å². The molecule has 0 aliphatic carbocycles. The normalized spacial score (nSPS) is 12.8. The van der Waals surface area contributed by atoms with Gasteiger partial charge in [-0.15, -0.1) is 0 Å². The molecule has 5 N–H and O–H groups in total. The number of nitrogens with two attached hydrogens (primary N) is 1. The van der Waals surface area contributed by atoms with Crippen LogP contribution in [0.1, 0.15) is 35.0 Å². The van der Waals surface area contributed by atoms with E-state index in [4.69, 9.17) is 27.2 Å². The second-order valence-electron chi connectivity index (χ2n) is 7.82. The van der Waals surface area contributed by atoms with Crippen LogP contribution in [0.25, 0.3) is 11.1 Å². The van der Waals surface area contributed by atoms with Gasteiger partial charge in [-0.25, -0.2) is 14.3 Å². The molecule has 9 nitrogen and oxygen atoms in total. The fourth-order valence-electron chi connectivity index (χ4n) is 3.49. The van der Waals surface area contributed by atoms with E-state index in [0.717, 1.165) is 22.8 Å². The van der Waals surface area contributed by atoms with Crippen molar-refractivity contribution in [1.29, 1.82) is 0 Å². The number of benzene rings is 2. The Hall–Kier alpha value is -3.40. The first-order chi connectivity index (χ1) is 16.2. The highest BCUT2D eigenvalue weighted by Gasteiger charge is 2.20. The Bertz CT molecular complexity index is 1160. The molecule has 0 radical (unpaired) electrons. The average molecular weight is 488 g/mol. The first-order valence-corrected chi connectivity index (χ1v) is 11.0. The highest BCUT2D eigenvalue weighted by atomic mass is 35.5. The molecular formula is C24H26ClN3O6. The van der Waals surface area contributed by atoms with Gasteiger partial charge in [0.15, 0.2) is 11.8 Å². The molecule has 0 fully saturated rings. The molecule has 0 saturated carbocycles. The molecule has 0 bridgehead atoms. The number of aromatic carboxylic acids is 1. The molecule has 1 heterocycles. The Kier molecular flexibility index (Phi) is 8.27. The predicted molar refractivity (Wildman–Crippen MR) is 126 cm³/mol. The molecule has 0 saturated heterocycles. The summed E-state index contributed by atoms with van der Waals surface area (Å²) in [6.45, 7) is 2.00. The topological polar surface area (TPSA) is 148 Å². The number of nitrogens with zero attached hydrogens (tertiary/aromatic N) is 2. The standard InChI is InChI=1S/C24H26ClN3O6/c1-2-34-24(33)21(29)11-18(26)9-14-3-5-15(6-4-14)16-7-8-17(19(25)10-16)13-28-22(30)12-20(27-28)23(31)32/h3-8,10,12,18,21,29-30H,2,9,11,13,26H2,1H3,(H,31,32)/t18-,21-/m1/s1. The molecule has 2 aromatic carbocycles. The van der Waals surface area contributed by atoms with Crippen molar-refractivity contribution in [2.45, 2.75) is 38.5 Å². The maximum Gasteiger partial charge on any atom is 0.356 e. The van der Waals surface area contributed by atoms with Crippen LogP contribution in [0.2, 0.25) is 5.02 Å². The highest BCUT2D eigenvalue weighted by molar-refractivity contribution is 6.31. The number of aliphatic hydroxyl groups is 1. The minimum Gasteiger partial charge on any atom is -0.493 e. The summed E-state index contributed by atoms with van der Waals surface area (Å²) in [5.41, 5.74) is 9.25. The van der Waals surface area contributed by atoms with Gasteiger partial charge in [-0.2, -0.15) is 5.10 Å². The van der Waals surface area contributed by atoms with Crippen LogP contribution in [-0.2, 0) is 22.5 Å². The number of rotatable bonds is 10. The van der Waals surface area contributed by atoms with Crippen LogP contribution in [0.15, 0.2) is 48.5 Å². The zero-order chi connectivity index (χ0) is 24.8. The minimum absolute atomic E-state index is 0.109. The molecule has 3 rings (SSSR count). The van der Waals surface area contributed by atoms with Gasteiger partial charge < -0.3 is 25.8 Å². The summed E-state index contributed by atoms with van der Waals surface area (Å²) in [6.07, 6.45) is -0.645. The maximum absolute atomic E-state index is 11.6. The number of aromatic hydroxyl groups is 1. The Balaban J connectivity index is 1.65. The lowest BCUT2D eigenvalue weighted by Crippen LogP contribution is -2.33. The lowest BCUT2D eigenvalue weighted by Gasteiger charge is -2.16. The van der Waals surface area contributed by atoms with E-state index in [0.29, 0.717) is 17.0 Å². The van der Waals surface area contributed by atoms with E-state index in [1.165, 1.54) is 4.68 Å². The van der Waals surface area contributed by atoms with Crippen LogP contribution in [-0.4, -0.2) is 55.8 Å². The van der Waals surface area contributed by atoms with E-state index in [1.54, 1.807) is 19.1 Å². The zero-order valence-electron chi connectivity index (χ0n) is 18.5. The van der Waals surface area contributed by atoms with Gasteiger partial charge in [-0.1, -0.05) is 48.0 Å². The van der Waals surface area contributed by atoms with Crippen LogP contribution >= 0.6 is 11.6 Å². The van der Waals surface area contributed by atoms with Crippen LogP contribution in [0.3, 0.4) is 0 Å². The fraction of sp³-hybridized carbons (Fsp3) is 0.292. The van der Waals surface area contributed by atoms with E-state index in [2.05, 4.69) is 5.10 Å². The smallest absolute Gasteiger partial charge is 0.356 e. The molecule has 0 amide bonds. The number of aromatic nitrogens is 2. The van der Waals surface area contributed by atoms with Crippen LogP contribution in [0.5, 0.6) is 5.88 Å². The number of esters is 1. The van der Waals surface area contributed by atoms with Crippen molar-refractivity contribution < 1.29 is 29.6 Å². The number of hydrogen-bond donors (Lipinski definition) is 4. The van der Waals surface area contributed by atoms with Gasteiger partial charge in [0.2, 0.25) is 5.88 Å². The predicted octanol–water partition coefficient (Wildman–Crippen LogP) is 2.84. The van der Waals surface area contributed by atoms with E-state index in [1.807, 2.05) is 30.3 Å². The van der Waals surface area contributed by atoms with Gasteiger partial charge in [0, 0.05) is 17.1 Å². The van der Waals surface area contributed by atoms with Crippen molar-refractivity contribution in [1.82, 2.24) is 9.78 Å². The monoisotopic (exact) mass is 487 g/mol. The quantitative estimate of drug-likeness (QED) is 0.319. The molecule has 34 heavy (non-hydrogen) atoms.